The normalized spacial score (nSPS) is 12.3. The minimum absolute atomic E-state index is 0.0773. The maximum atomic E-state index is 12.9. The van der Waals surface area contributed by atoms with Crippen LogP contribution in [0.4, 0.5) is 0 Å². The summed E-state index contributed by atoms with van der Waals surface area (Å²) in [6, 6.07) is 0. The van der Waals surface area contributed by atoms with Crippen molar-refractivity contribution in [1.82, 2.24) is 0 Å². The molecule has 0 aromatic rings. The van der Waals surface area contributed by atoms with Gasteiger partial charge in [0.2, 0.25) is 0 Å². The van der Waals surface area contributed by atoms with Crippen LogP contribution in [0, 0.1) is 0 Å². The zero-order chi connectivity index (χ0) is 54.3. The zero-order valence-corrected chi connectivity index (χ0v) is 50.3. The van der Waals surface area contributed by atoms with E-state index in [4.69, 9.17) is 14.2 Å². The molecule has 0 aromatic heterocycles. The molecule has 0 N–H and O–H groups in total. The van der Waals surface area contributed by atoms with Gasteiger partial charge < -0.3 is 14.2 Å². The Morgan fingerprint density at radius 3 is 0.787 bits per heavy atom. The first-order valence-electron chi connectivity index (χ1n) is 33.1. The van der Waals surface area contributed by atoms with Crippen molar-refractivity contribution in [3.8, 4) is 0 Å². The molecule has 0 saturated heterocycles. The molecule has 0 fully saturated rings. The Kier molecular flexibility index (Phi) is 61.7. The summed E-state index contributed by atoms with van der Waals surface area (Å²) in [4.78, 5) is 38.4. The van der Waals surface area contributed by atoms with Crippen molar-refractivity contribution >= 4 is 17.9 Å². The first-order chi connectivity index (χ1) is 37.0. The molecular weight excluding hydrogens is 925 g/mol. The number of ether oxygens (including phenoxy) is 3. The van der Waals surface area contributed by atoms with E-state index in [2.05, 4.69) is 69.4 Å². The number of esters is 3. The summed E-state index contributed by atoms with van der Waals surface area (Å²) in [7, 11) is 0. The molecule has 0 bridgehead atoms. The summed E-state index contributed by atoms with van der Waals surface area (Å²) in [5.41, 5.74) is 0. The number of hydrogen-bond donors (Lipinski definition) is 0. The van der Waals surface area contributed by atoms with Gasteiger partial charge in [-0.15, -0.1) is 0 Å². The van der Waals surface area contributed by atoms with Gasteiger partial charge in [-0.1, -0.05) is 301 Å². The third-order valence-corrected chi connectivity index (χ3v) is 14.8. The van der Waals surface area contributed by atoms with Crippen LogP contribution in [0.3, 0.4) is 0 Å². The van der Waals surface area contributed by atoms with Gasteiger partial charge >= 0.3 is 17.9 Å². The number of carbonyl (C=O) groups is 3. The van der Waals surface area contributed by atoms with Crippen molar-refractivity contribution in [1.29, 1.82) is 0 Å². The van der Waals surface area contributed by atoms with E-state index in [1.807, 2.05) is 0 Å². The Morgan fingerprint density at radius 2 is 0.480 bits per heavy atom. The van der Waals surface area contributed by atoms with E-state index in [9.17, 15) is 14.4 Å². The van der Waals surface area contributed by atoms with Crippen LogP contribution in [0.1, 0.15) is 355 Å². The first kappa shape index (κ1) is 72.4. The van der Waals surface area contributed by atoms with Crippen LogP contribution in [0.5, 0.6) is 0 Å². The van der Waals surface area contributed by atoms with Crippen LogP contribution in [-0.4, -0.2) is 37.2 Å². The van der Waals surface area contributed by atoms with Crippen molar-refractivity contribution in [2.24, 2.45) is 0 Å². The van der Waals surface area contributed by atoms with E-state index in [0.29, 0.717) is 19.3 Å². The molecule has 0 radical (unpaired) electrons. The van der Waals surface area contributed by atoms with Crippen LogP contribution in [0.2, 0.25) is 0 Å². The van der Waals surface area contributed by atoms with E-state index in [1.54, 1.807) is 0 Å². The molecule has 0 aliphatic heterocycles. The highest BCUT2D eigenvalue weighted by Crippen LogP contribution is 2.17. The van der Waals surface area contributed by atoms with E-state index in [-0.39, 0.29) is 31.1 Å². The van der Waals surface area contributed by atoms with Crippen LogP contribution < -0.4 is 0 Å². The molecule has 0 rings (SSSR count). The highest BCUT2D eigenvalue weighted by Gasteiger charge is 2.19. The molecule has 0 saturated carbocycles. The Balaban J connectivity index is 4.35. The lowest BCUT2D eigenvalue weighted by Gasteiger charge is -2.18. The SMILES string of the molecule is CCCCC/C=C\C/C=C\C/C=C\CCCCCCC(=O)OC[C@H](COC(=O)CCCCCCCCCCCCCCCCCCCCCCC)OC(=O)CCCCCCCCCCC/C=C\CCCCCCCC. The molecule has 6 heteroatoms. The third-order valence-electron chi connectivity index (χ3n) is 14.8. The van der Waals surface area contributed by atoms with Gasteiger partial charge in [-0.2, -0.15) is 0 Å². The molecule has 0 spiro atoms. The molecule has 438 valence electrons. The van der Waals surface area contributed by atoms with Crippen molar-refractivity contribution < 1.29 is 28.6 Å². The second-order valence-corrected chi connectivity index (χ2v) is 22.4. The van der Waals surface area contributed by atoms with Gasteiger partial charge in [-0.25, -0.2) is 0 Å². The topological polar surface area (TPSA) is 78.9 Å². The lowest BCUT2D eigenvalue weighted by molar-refractivity contribution is -0.167. The van der Waals surface area contributed by atoms with E-state index in [1.165, 1.54) is 231 Å². The summed E-state index contributed by atoms with van der Waals surface area (Å²) in [5, 5.41) is 0. The minimum Gasteiger partial charge on any atom is -0.462 e. The van der Waals surface area contributed by atoms with Gasteiger partial charge in [-0.3, -0.25) is 14.4 Å². The second-order valence-electron chi connectivity index (χ2n) is 22.4. The van der Waals surface area contributed by atoms with Gasteiger partial charge in [0.15, 0.2) is 6.10 Å². The molecule has 0 aliphatic rings. The molecule has 75 heavy (non-hydrogen) atoms. The van der Waals surface area contributed by atoms with Crippen molar-refractivity contribution in [2.75, 3.05) is 13.2 Å². The van der Waals surface area contributed by atoms with E-state index in [0.717, 1.165) is 83.5 Å². The van der Waals surface area contributed by atoms with Gasteiger partial charge in [0, 0.05) is 19.3 Å². The number of allylic oxidation sites excluding steroid dienone is 8. The summed E-state index contributed by atoms with van der Waals surface area (Å²) in [5.74, 6) is -0.879. The Morgan fingerprint density at radius 1 is 0.267 bits per heavy atom. The van der Waals surface area contributed by atoms with Gasteiger partial charge in [0.25, 0.3) is 0 Å². The maximum absolute atomic E-state index is 12.9. The Bertz CT molecular complexity index is 1300. The highest BCUT2D eigenvalue weighted by molar-refractivity contribution is 5.71. The fourth-order valence-electron chi connectivity index (χ4n) is 9.80. The fourth-order valence-corrected chi connectivity index (χ4v) is 9.80. The highest BCUT2D eigenvalue weighted by atomic mass is 16.6. The van der Waals surface area contributed by atoms with Crippen molar-refractivity contribution in [2.45, 2.75) is 361 Å². The Hall–Kier alpha value is -2.63. The number of unbranched alkanes of at least 4 members (excludes halogenated alkanes) is 42. The molecule has 1 atom stereocenters. The van der Waals surface area contributed by atoms with E-state index < -0.39 is 6.10 Å². The summed E-state index contributed by atoms with van der Waals surface area (Å²) < 4.78 is 17.0. The smallest absolute Gasteiger partial charge is 0.306 e. The monoisotopic (exact) mass is 1050 g/mol. The molecular formula is C69H126O6. The third kappa shape index (κ3) is 62.1. The van der Waals surface area contributed by atoms with Crippen molar-refractivity contribution in [3.05, 3.63) is 48.6 Å². The van der Waals surface area contributed by atoms with Crippen LogP contribution in [0.25, 0.3) is 0 Å². The number of carbonyl (C=O) groups excluding carboxylic acids is 3. The van der Waals surface area contributed by atoms with Crippen LogP contribution in [0.15, 0.2) is 48.6 Å². The predicted octanol–water partition coefficient (Wildman–Crippen LogP) is 22.6. The van der Waals surface area contributed by atoms with Gasteiger partial charge in [-0.05, 0) is 83.5 Å². The second kappa shape index (κ2) is 63.9. The molecule has 0 heterocycles. The standard InChI is InChI=1S/C69H126O6/c1-4-7-10-13-16-19-22-25-28-31-33-34-36-38-41-44-47-50-53-56-59-62-68(71)74-65-66(64-73-67(70)61-58-55-52-49-46-43-40-37-30-27-24-21-18-15-12-9-6-3)75-69(72)63-60-57-54-51-48-45-42-39-35-32-29-26-23-20-17-14-11-8-5-2/h18,21,26-27,29-30,40,43,66H,4-17,19-20,22-25,28,31-39,41-42,44-65H2,1-3H3/b21-18-,29-26-,30-27-,43-40-/t66-/m1/s1. The quantitative estimate of drug-likeness (QED) is 0.0261. The molecule has 0 unspecified atom stereocenters. The average Bonchev–Trinajstić information content (AvgIpc) is 3.41. The number of rotatable bonds is 61. The van der Waals surface area contributed by atoms with E-state index >= 15 is 0 Å². The first-order valence-corrected chi connectivity index (χ1v) is 33.1. The average molecular weight is 1050 g/mol. The van der Waals surface area contributed by atoms with Crippen molar-refractivity contribution in [3.63, 3.8) is 0 Å². The van der Waals surface area contributed by atoms with Gasteiger partial charge in [0.1, 0.15) is 13.2 Å². The molecule has 0 aliphatic carbocycles. The Labute approximate surface area is 467 Å². The molecule has 0 amide bonds. The lowest BCUT2D eigenvalue weighted by Crippen LogP contribution is -2.30. The largest absolute Gasteiger partial charge is 0.462 e. The summed E-state index contributed by atoms with van der Waals surface area (Å²) in [6.45, 7) is 6.65. The maximum Gasteiger partial charge on any atom is 0.306 e. The minimum atomic E-state index is -0.783. The molecule has 6 nitrogen and oxygen atoms in total. The van der Waals surface area contributed by atoms with Gasteiger partial charge in [0.05, 0.1) is 0 Å². The van der Waals surface area contributed by atoms with Crippen LogP contribution in [-0.2, 0) is 28.6 Å². The number of hydrogen-bond acceptors (Lipinski definition) is 6. The lowest BCUT2D eigenvalue weighted by atomic mass is 10.0. The molecule has 0 aromatic carbocycles. The zero-order valence-electron chi connectivity index (χ0n) is 50.3. The predicted molar refractivity (Wildman–Crippen MR) is 325 cm³/mol. The summed E-state index contributed by atoms with van der Waals surface area (Å²) >= 11 is 0. The van der Waals surface area contributed by atoms with Crippen LogP contribution >= 0.6 is 0 Å². The fraction of sp³-hybridized carbons (Fsp3) is 0.841. The summed E-state index contributed by atoms with van der Waals surface area (Å²) in [6.07, 6.45) is 79.7.